The van der Waals surface area contributed by atoms with E-state index in [4.69, 9.17) is 0 Å². The van der Waals surface area contributed by atoms with Crippen molar-refractivity contribution in [2.75, 3.05) is 26.2 Å². The van der Waals surface area contributed by atoms with Gasteiger partial charge in [-0.3, -0.25) is 9.88 Å². The first kappa shape index (κ1) is 11.6. The Morgan fingerprint density at radius 2 is 2.44 bits per heavy atom. The molecule has 0 bridgehead atoms. The van der Waals surface area contributed by atoms with Crippen LogP contribution < -0.4 is 5.32 Å². The SMILES string of the molecule is CC1CNCCN1CCCc1ccccn1. The summed E-state index contributed by atoms with van der Waals surface area (Å²) in [6.45, 7) is 6.94. The number of hydrogen-bond donors (Lipinski definition) is 1. The lowest BCUT2D eigenvalue weighted by Crippen LogP contribution is -2.49. The molecule has 88 valence electrons. The Morgan fingerprint density at radius 3 is 3.19 bits per heavy atom. The highest BCUT2D eigenvalue weighted by atomic mass is 15.2. The van der Waals surface area contributed by atoms with Crippen LogP contribution in [0.1, 0.15) is 19.0 Å². The molecule has 16 heavy (non-hydrogen) atoms. The molecule has 0 aromatic carbocycles. The lowest BCUT2D eigenvalue weighted by Gasteiger charge is -2.33. The molecule has 1 aliphatic heterocycles. The summed E-state index contributed by atoms with van der Waals surface area (Å²) < 4.78 is 0. The van der Waals surface area contributed by atoms with Gasteiger partial charge >= 0.3 is 0 Å². The molecule has 1 atom stereocenters. The van der Waals surface area contributed by atoms with Gasteiger partial charge in [-0.1, -0.05) is 6.07 Å². The van der Waals surface area contributed by atoms with E-state index in [9.17, 15) is 0 Å². The maximum absolute atomic E-state index is 4.35. The predicted molar refractivity (Wildman–Crippen MR) is 66.5 cm³/mol. The number of piperazine rings is 1. The number of hydrogen-bond acceptors (Lipinski definition) is 3. The smallest absolute Gasteiger partial charge is 0.0404 e. The van der Waals surface area contributed by atoms with Crippen molar-refractivity contribution in [3.63, 3.8) is 0 Å². The van der Waals surface area contributed by atoms with E-state index in [1.54, 1.807) is 0 Å². The number of aromatic nitrogens is 1. The Kier molecular flexibility index (Phi) is 4.31. The first-order valence-corrected chi connectivity index (χ1v) is 6.21. The zero-order valence-electron chi connectivity index (χ0n) is 10.0. The van der Waals surface area contributed by atoms with Gasteiger partial charge < -0.3 is 5.32 Å². The normalized spacial score (nSPS) is 22.2. The van der Waals surface area contributed by atoms with Crippen molar-refractivity contribution in [1.29, 1.82) is 0 Å². The molecule has 2 rings (SSSR count). The summed E-state index contributed by atoms with van der Waals surface area (Å²) in [7, 11) is 0. The van der Waals surface area contributed by atoms with Crippen LogP contribution in [-0.2, 0) is 6.42 Å². The molecule has 1 saturated heterocycles. The number of rotatable bonds is 4. The Hall–Kier alpha value is -0.930. The molecule has 1 aromatic rings. The van der Waals surface area contributed by atoms with Gasteiger partial charge in [0.1, 0.15) is 0 Å². The summed E-state index contributed by atoms with van der Waals surface area (Å²) in [5, 5.41) is 3.42. The van der Waals surface area contributed by atoms with E-state index in [1.165, 1.54) is 25.2 Å². The van der Waals surface area contributed by atoms with Crippen molar-refractivity contribution in [3.8, 4) is 0 Å². The van der Waals surface area contributed by atoms with Crippen LogP contribution in [0.25, 0.3) is 0 Å². The second kappa shape index (κ2) is 5.97. The van der Waals surface area contributed by atoms with E-state index in [1.807, 2.05) is 12.3 Å². The molecule has 1 aliphatic rings. The summed E-state index contributed by atoms with van der Waals surface area (Å²) in [5.41, 5.74) is 1.21. The summed E-state index contributed by atoms with van der Waals surface area (Å²) in [6.07, 6.45) is 4.18. The highest BCUT2D eigenvalue weighted by molar-refractivity contribution is 5.03. The predicted octanol–water partition coefficient (Wildman–Crippen LogP) is 1.31. The molecular formula is C13H21N3. The van der Waals surface area contributed by atoms with E-state index < -0.39 is 0 Å². The quantitative estimate of drug-likeness (QED) is 0.827. The Labute approximate surface area is 97.9 Å². The summed E-state index contributed by atoms with van der Waals surface area (Å²) in [4.78, 5) is 6.92. The number of nitrogens with one attached hydrogen (secondary N) is 1. The van der Waals surface area contributed by atoms with Crippen LogP contribution in [0, 0.1) is 0 Å². The molecule has 3 heteroatoms. The van der Waals surface area contributed by atoms with Crippen LogP contribution in [-0.4, -0.2) is 42.1 Å². The van der Waals surface area contributed by atoms with Crippen molar-refractivity contribution in [2.24, 2.45) is 0 Å². The number of aryl methyl sites for hydroxylation is 1. The average Bonchev–Trinajstić information content (AvgIpc) is 2.33. The largest absolute Gasteiger partial charge is 0.314 e. The Bertz CT molecular complexity index is 299. The van der Waals surface area contributed by atoms with E-state index in [0.717, 1.165) is 19.5 Å². The minimum absolute atomic E-state index is 0.678. The van der Waals surface area contributed by atoms with Crippen LogP contribution >= 0.6 is 0 Å². The Morgan fingerprint density at radius 1 is 1.50 bits per heavy atom. The average molecular weight is 219 g/mol. The van der Waals surface area contributed by atoms with Crippen LogP contribution in [0.4, 0.5) is 0 Å². The van der Waals surface area contributed by atoms with Crippen LogP contribution in [0.15, 0.2) is 24.4 Å². The second-order valence-corrected chi connectivity index (χ2v) is 4.51. The van der Waals surface area contributed by atoms with Gasteiger partial charge in [0.05, 0.1) is 0 Å². The summed E-state index contributed by atoms with van der Waals surface area (Å²) in [6, 6.07) is 6.83. The number of nitrogens with zero attached hydrogens (tertiary/aromatic N) is 2. The first-order chi connectivity index (χ1) is 7.86. The number of pyridine rings is 1. The van der Waals surface area contributed by atoms with E-state index in [-0.39, 0.29) is 0 Å². The van der Waals surface area contributed by atoms with Crippen molar-refractivity contribution in [2.45, 2.75) is 25.8 Å². The van der Waals surface area contributed by atoms with Gasteiger partial charge in [-0.05, 0) is 38.4 Å². The zero-order chi connectivity index (χ0) is 11.2. The van der Waals surface area contributed by atoms with Crippen molar-refractivity contribution >= 4 is 0 Å². The summed E-state index contributed by atoms with van der Waals surface area (Å²) in [5.74, 6) is 0. The minimum Gasteiger partial charge on any atom is -0.314 e. The third kappa shape index (κ3) is 3.29. The van der Waals surface area contributed by atoms with E-state index >= 15 is 0 Å². The van der Waals surface area contributed by atoms with Crippen molar-refractivity contribution < 1.29 is 0 Å². The van der Waals surface area contributed by atoms with E-state index in [0.29, 0.717) is 6.04 Å². The summed E-state index contributed by atoms with van der Waals surface area (Å²) >= 11 is 0. The van der Waals surface area contributed by atoms with E-state index in [2.05, 4.69) is 34.3 Å². The minimum atomic E-state index is 0.678. The maximum atomic E-state index is 4.35. The molecule has 0 saturated carbocycles. The third-order valence-corrected chi connectivity index (χ3v) is 3.24. The zero-order valence-corrected chi connectivity index (χ0v) is 10.0. The second-order valence-electron chi connectivity index (χ2n) is 4.51. The molecule has 1 unspecified atom stereocenters. The van der Waals surface area contributed by atoms with Gasteiger partial charge in [0.25, 0.3) is 0 Å². The maximum Gasteiger partial charge on any atom is 0.0404 e. The van der Waals surface area contributed by atoms with Crippen LogP contribution in [0.3, 0.4) is 0 Å². The van der Waals surface area contributed by atoms with Crippen molar-refractivity contribution in [1.82, 2.24) is 15.2 Å². The van der Waals surface area contributed by atoms with Gasteiger partial charge in [0, 0.05) is 37.6 Å². The van der Waals surface area contributed by atoms with Crippen LogP contribution in [0.2, 0.25) is 0 Å². The lowest BCUT2D eigenvalue weighted by atomic mass is 10.1. The highest BCUT2D eigenvalue weighted by Crippen LogP contribution is 2.05. The molecule has 3 nitrogen and oxygen atoms in total. The molecular weight excluding hydrogens is 198 g/mol. The highest BCUT2D eigenvalue weighted by Gasteiger charge is 2.16. The van der Waals surface area contributed by atoms with Gasteiger partial charge in [-0.25, -0.2) is 0 Å². The Balaban J connectivity index is 1.71. The monoisotopic (exact) mass is 219 g/mol. The molecule has 0 aliphatic carbocycles. The fourth-order valence-corrected chi connectivity index (χ4v) is 2.22. The third-order valence-electron chi connectivity index (χ3n) is 3.24. The van der Waals surface area contributed by atoms with Gasteiger partial charge in [0.2, 0.25) is 0 Å². The first-order valence-electron chi connectivity index (χ1n) is 6.21. The molecule has 1 N–H and O–H groups in total. The fourth-order valence-electron chi connectivity index (χ4n) is 2.22. The molecule has 1 fully saturated rings. The molecule has 0 amide bonds. The topological polar surface area (TPSA) is 28.2 Å². The lowest BCUT2D eigenvalue weighted by molar-refractivity contribution is 0.172. The molecule has 0 spiro atoms. The van der Waals surface area contributed by atoms with Crippen molar-refractivity contribution in [3.05, 3.63) is 30.1 Å². The molecule has 0 radical (unpaired) electrons. The van der Waals surface area contributed by atoms with Gasteiger partial charge in [-0.2, -0.15) is 0 Å². The van der Waals surface area contributed by atoms with Gasteiger partial charge in [0.15, 0.2) is 0 Å². The molecule has 2 heterocycles. The fraction of sp³-hybridized carbons (Fsp3) is 0.615. The molecule has 1 aromatic heterocycles. The standard InChI is InChI=1S/C13H21N3/c1-12-11-14-8-10-16(12)9-4-6-13-5-2-3-7-15-13/h2-3,5,7,12,14H,4,6,8-11H2,1H3. The van der Waals surface area contributed by atoms with Crippen LogP contribution in [0.5, 0.6) is 0 Å². The van der Waals surface area contributed by atoms with Gasteiger partial charge in [-0.15, -0.1) is 0 Å².